The van der Waals surface area contributed by atoms with Gasteiger partial charge in [0, 0.05) is 25.1 Å². The van der Waals surface area contributed by atoms with Crippen LogP contribution in [0.5, 0.6) is 5.75 Å². The number of rotatable bonds is 6. The minimum absolute atomic E-state index is 0.137. The van der Waals surface area contributed by atoms with Crippen molar-refractivity contribution < 1.29 is 14.3 Å². The molecule has 1 aliphatic rings. The summed E-state index contributed by atoms with van der Waals surface area (Å²) in [5, 5.41) is 3.04. The van der Waals surface area contributed by atoms with E-state index < -0.39 is 5.54 Å². The number of ether oxygens (including phenoxy) is 1. The Labute approximate surface area is 182 Å². The Kier molecular flexibility index (Phi) is 5.76. The van der Waals surface area contributed by atoms with E-state index in [0.29, 0.717) is 25.1 Å². The number of hydrogen-bond acceptors (Lipinski definition) is 3. The number of nitrogens with one attached hydrogen (secondary N) is 1. The molecule has 158 valence electrons. The van der Waals surface area contributed by atoms with Gasteiger partial charge >= 0.3 is 0 Å². The van der Waals surface area contributed by atoms with Gasteiger partial charge in [-0.2, -0.15) is 0 Å². The topological polar surface area (TPSA) is 58.6 Å². The van der Waals surface area contributed by atoms with Crippen LogP contribution in [0.3, 0.4) is 0 Å². The molecule has 0 spiro atoms. The van der Waals surface area contributed by atoms with Crippen LogP contribution in [0.1, 0.15) is 34.0 Å². The molecule has 0 saturated carbocycles. The van der Waals surface area contributed by atoms with Crippen molar-refractivity contribution >= 4 is 11.8 Å². The molecule has 0 unspecified atom stereocenters. The number of amides is 2. The first-order valence-electron chi connectivity index (χ1n) is 10.4. The van der Waals surface area contributed by atoms with Crippen LogP contribution in [-0.2, 0) is 24.3 Å². The number of carbonyl (C=O) groups is 2. The van der Waals surface area contributed by atoms with Crippen molar-refractivity contribution in [3.63, 3.8) is 0 Å². The van der Waals surface area contributed by atoms with Gasteiger partial charge in [0.05, 0.1) is 7.11 Å². The van der Waals surface area contributed by atoms with Crippen molar-refractivity contribution in [2.75, 3.05) is 7.11 Å². The normalized spacial score (nSPS) is 17.7. The third kappa shape index (κ3) is 4.17. The lowest BCUT2D eigenvalue weighted by atomic mass is 9.82. The van der Waals surface area contributed by atoms with Gasteiger partial charge in [-0.3, -0.25) is 9.59 Å². The lowest BCUT2D eigenvalue weighted by Crippen LogP contribution is -2.62. The molecule has 3 aromatic carbocycles. The molecule has 0 saturated heterocycles. The average Bonchev–Trinajstić information content (AvgIpc) is 2.81. The summed E-state index contributed by atoms with van der Waals surface area (Å²) in [5.41, 5.74) is 2.46. The molecular formula is C26H26N2O3. The van der Waals surface area contributed by atoms with Crippen molar-refractivity contribution in [1.82, 2.24) is 10.2 Å². The number of hydrogen-bond donors (Lipinski definition) is 1. The summed E-state index contributed by atoms with van der Waals surface area (Å²) >= 11 is 0. The quantitative estimate of drug-likeness (QED) is 0.664. The smallest absolute Gasteiger partial charge is 0.255 e. The molecule has 5 heteroatoms. The van der Waals surface area contributed by atoms with Gasteiger partial charge in [0.2, 0.25) is 5.91 Å². The molecule has 31 heavy (non-hydrogen) atoms. The summed E-state index contributed by atoms with van der Waals surface area (Å²) < 4.78 is 5.33. The first kappa shape index (κ1) is 20.7. The summed E-state index contributed by atoms with van der Waals surface area (Å²) in [6, 6.07) is 24.9. The molecule has 1 atom stereocenters. The van der Waals surface area contributed by atoms with Gasteiger partial charge in [0.1, 0.15) is 11.3 Å². The van der Waals surface area contributed by atoms with E-state index in [0.717, 1.165) is 22.4 Å². The van der Waals surface area contributed by atoms with Gasteiger partial charge in [0.25, 0.3) is 5.91 Å². The maximum atomic E-state index is 13.5. The van der Waals surface area contributed by atoms with E-state index in [4.69, 9.17) is 4.74 Å². The summed E-state index contributed by atoms with van der Waals surface area (Å²) in [6.45, 7) is 2.58. The first-order valence-corrected chi connectivity index (χ1v) is 10.4. The van der Waals surface area contributed by atoms with E-state index in [1.807, 2.05) is 85.8 Å². The fourth-order valence-corrected chi connectivity index (χ4v) is 4.09. The molecule has 1 aliphatic heterocycles. The van der Waals surface area contributed by atoms with Gasteiger partial charge in [-0.25, -0.2) is 0 Å². The molecule has 0 aliphatic carbocycles. The second-order valence-corrected chi connectivity index (χ2v) is 8.02. The Hall–Kier alpha value is -3.60. The molecule has 2 amide bonds. The highest BCUT2D eigenvalue weighted by molar-refractivity contribution is 6.02. The molecule has 3 aromatic rings. The zero-order valence-corrected chi connectivity index (χ0v) is 17.8. The second kappa shape index (κ2) is 8.64. The number of benzene rings is 3. The van der Waals surface area contributed by atoms with Gasteiger partial charge in [0.15, 0.2) is 0 Å². The Balaban J connectivity index is 1.66. The lowest BCUT2D eigenvalue weighted by Gasteiger charge is -2.44. The van der Waals surface area contributed by atoms with Crippen molar-refractivity contribution in [3.05, 3.63) is 101 Å². The van der Waals surface area contributed by atoms with E-state index in [1.165, 1.54) is 0 Å². The zero-order valence-electron chi connectivity index (χ0n) is 17.8. The standard InChI is InChI=1S/C26H26N2O3/c1-26(25(30)27-17-19-9-4-3-5-10-19)16-21-12-6-7-14-23(21)24(29)28(26)18-20-11-8-13-22(15-20)31-2/h3-15H,16-18H2,1-2H3,(H,27,30)/t26-/m1/s1. The van der Waals surface area contributed by atoms with E-state index in [2.05, 4.69) is 5.32 Å². The van der Waals surface area contributed by atoms with Gasteiger partial charge < -0.3 is 15.0 Å². The highest BCUT2D eigenvalue weighted by Crippen LogP contribution is 2.33. The van der Waals surface area contributed by atoms with Gasteiger partial charge in [-0.05, 0) is 41.8 Å². The van der Waals surface area contributed by atoms with E-state index in [9.17, 15) is 9.59 Å². The van der Waals surface area contributed by atoms with Crippen molar-refractivity contribution in [3.8, 4) is 5.75 Å². The molecule has 5 nitrogen and oxygen atoms in total. The summed E-state index contributed by atoms with van der Waals surface area (Å²) in [7, 11) is 1.61. The van der Waals surface area contributed by atoms with Crippen molar-refractivity contribution in [2.24, 2.45) is 0 Å². The molecule has 0 aromatic heterocycles. The number of methoxy groups -OCH3 is 1. The molecule has 1 heterocycles. The molecule has 0 fully saturated rings. The first-order chi connectivity index (χ1) is 15.0. The van der Waals surface area contributed by atoms with Crippen molar-refractivity contribution in [1.29, 1.82) is 0 Å². The van der Waals surface area contributed by atoms with Crippen LogP contribution in [0.15, 0.2) is 78.9 Å². The van der Waals surface area contributed by atoms with E-state index in [-0.39, 0.29) is 11.8 Å². The minimum Gasteiger partial charge on any atom is -0.497 e. The maximum Gasteiger partial charge on any atom is 0.255 e. The highest BCUT2D eigenvalue weighted by Gasteiger charge is 2.46. The van der Waals surface area contributed by atoms with E-state index in [1.54, 1.807) is 12.0 Å². The second-order valence-electron chi connectivity index (χ2n) is 8.02. The molecule has 1 N–H and O–H groups in total. The van der Waals surface area contributed by atoms with Crippen LogP contribution in [-0.4, -0.2) is 29.4 Å². The summed E-state index contributed by atoms with van der Waals surface area (Å²) in [4.78, 5) is 28.6. The van der Waals surface area contributed by atoms with Crippen molar-refractivity contribution in [2.45, 2.75) is 32.0 Å². The molecule has 4 rings (SSSR count). The SMILES string of the molecule is COc1cccc(CN2C(=O)c3ccccc3C[C@]2(C)C(=O)NCc2ccccc2)c1. The largest absolute Gasteiger partial charge is 0.497 e. The average molecular weight is 415 g/mol. The van der Waals surface area contributed by atoms with Crippen LogP contribution < -0.4 is 10.1 Å². The van der Waals surface area contributed by atoms with E-state index >= 15 is 0 Å². The Morgan fingerprint density at radius 2 is 1.71 bits per heavy atom. The zero-order chi connectivity index (χ0) is 21.8. The van der Waals surface area contributed by atoms with Crippen LogP contribution in [0.4, 0.5) is 0 Å². The van der Waals surface area contributed by atoms with Crippen LogP contribution in [0.25, 0.3) is 0 Å². The van der Waals surface area contributed by atoms with Gasteiger partial charge in [-0.15, -0.1) is 0 Å². The summed E-state index contributed by atoms with van der Waals surface area (Å²) in [6.07, 6.45) is 0.458. The Morgan fingerprint density at radius 1 is 1.00 bits per heavy atom. The molecule has 0 radical (unpaired) electrons. The predicted molar refractivity (Wildman–Crippen MR) is 120 cm³/mol. The lowest BCUT2D eigenvalue weighted by molar-refractivity contribution is -0.132. The Bertz CT molecular complexity index is 1100. The summed E-state index contributed by atoms with van der Waals surface area (Å²) in [5.74, 6) is 0.418. The van der Waals surface area contributed by atoms with Crippen LogP contribution in [0, 0.1) is 0 Å². The van der Waals surface area contributed by atoms with Gasteiger partial charge in [-0.1, -0.05) is 60.7 Å². The number of fused-ring (bicyclic) bond motifs is 1. The number of nitrogens with zero attached hydrogens (tertiary/aromatic N) is 1. The van der Waals surface area contributed by atoms with Crippen LogP contribution >= 0.6 is 0 Å². The molecular weight excluding hydrogens is 388 g/mol. The fourth-order valence-electron chi connectivity index (χ4n) is 4.09. The third-order valence-corrected chi connectivity index (χ3v) is 5.88. The Morgan fingerprint density at radius 3 is 2.48 bits per heavy atom. The predicted octanol–water partition coefficient (Wildman–Crippen LogP) is 3.97. The maximum absolute atomic E-state index is 13.5. The minimum atomic E-state index is -1.01. The molecule has 0 bridgehead atoms. The number of carbonyl (C=O) groups excluding carboxylic acids is 2. The third-order valence-electron chi connectivity index (χ3n) is 5.88. The highest BCUT2D eigenvalue weighted by atomic mass is 16.5. The monoisotopic (exact) mass is 414 g/mol. The fraction of sp³-hybridized carbons (Fsp3) is 0.231. The van der Waals surface area contributed by atoms with Crippen LogP contribution in [0.2, 0.25) is 0 Å².